The minimum atomic E-state index is -2.30. The van der Waals surface area contributed by atoms with Gasteiger partial charge < -0.3 is 44.5 Å². The summed E-state index contributed by atoms with van der Waals surface area (Å²) in [6, 6.07) is 19.7. The first-order valence-corrected chi connectivity index (χ1v) is 15.6. The summed E-state index contributed by atoms with van der Waals surface area (Å²) in [5.74, 6) is -1.25. The summed E-state index contributed by atoms with van der Waals surface area (Å²) in [7, 11) is 4.52. The molecule has 5 atom stereocenters. The maximum absolute atomic E-state index is 14.6. The van der Waals surface area contributed by atoms with Gasteiger partial charge in [0.05, 0.1) is 39.4 Å². The highest BCUT2D eigenvalue weighted by molar-refractivity contribution is 5.93. The molecule has 47 heavy (non-hydrogen) atoms. The number of hydrogen-bond donors (Lipinski definition) is 4. The van der Waals surface area contributed by atoms with E-state index in [0.717, 1.165) is 0 Å². The molecule has 1 saturated heterocycles. The summed E-state index contributed by atoms with van der Waals surface area (Å²) < 4.78 is 23.8. The van der Waals surface area contributed by atoms with Crippen LogP contribution in [0.1, 0.15) is 42.4 Å². The number of aliphatic hydroxyl groups excluding tert-OH is 1. The van der Waals surface area contributed by atoms with E-state index in [0.29, 0.717) is 47.6 Å². The van der Waals surface area contributed by atoms with Crippen LogP contribution in [0.5, 0.6) is 23.0 Å². The number of hydrogen-bond acceptors (Lipinski definition) is 9. The molecule has 11 nitrogen and oxygen atoms in total. The van der Waals surface area contributed by atoms with Gasteiger partial charge in [-0.15, -0.1) is 0 Å². The lowest BCUT2D eigenvalue weighted by molar-refractivity contribution is -0.279. The van der Waals surface area contributed by atoms with Crippen molar-refractivity contribution in [3.8, 4) is 23.0 Å². The van der Waals surface area contributed by atoms with Gasteiger partial charge in [-0.3, -0.25) is 9.59 Å². The van der Waals surface area contributed by atoms with E-state index in [1.165, 1.54) is 25.2 Å². The number of ether oxygens (including phenoxy) is 4. The Balaban J connectivity index is 1.50. The molecule has 3 aromatic rings. The molecule has 1 aliphatic carbocycles. The highest BCUT2D eigenvalue weighted by Crippen LogP contribution is 2.76. The molecule has 0 aromatic heterocycles. The third-order valence-electron chi connectivity index (χ3n) is 9.87. The normalized spacial score (nSPS) is 27.3. The highest BCUT2D eigenvalue weighted by atomic mass is 16.5. The number of carbonyl (C=O) groups is 2. The summed E-state index contributed by atoms with van der Waals surface area (Å²) in [6.07, 6.45) is 2.31. The fourth-order valence-electron chi connectivity index (χ4n) is 7.79. The van der Waals surface area contributed by atoms with Gasteiger partial charge >= 0.3 is 0 Å². The van der Waals surface area contributed by atoms with E-state index in [4.69, 9.17) is 24.1 Å². The molecule has 0 spiro atoms. The zero-order valence-corrected chi connectivity index (χ0v) is 26.9. The lowest BCUT2D eigenvalue weighted by Crippen LogP contribution is -2.71. The fraction of sp³-hybridized carbons (Fsp3) is 0.389. The number of fused-ring (bicyclic) bond motifs is 1. The lowest BCUT2D eigenvalue weighted by Gasteiger charge is -2.56. The van der Waals surface area contributed by atoms with Gasteiger partial charge in [0, 0.05) is 42.3 Å². The van der Waals surface area contributed by atoms with Gasteiger partial charge in [0.25, 0.3) is 0 Å². The van der Waals surface area contributed by atoms with Crippen molar-refractivity contribution >= 4 is 11.8 Å². The Morgan fingerprint density at radius 3 is 2.30 bits per heavy atom. The average Bonchev–Trinajstić information content (AvgIpc) is 3.31. The van der Waals surface area contributed by atoms with E-state index in [1.807, 2.05) is 30.3 Å². The Labute approximate surface area is 273 Å². The summed E-state index contributed by atoms with van der Waals surface area (Å²) in [6.45, 7) is 1.77. The third kappa shape index (κ3) is 4.51. The quantitative estimate of drug-likeness (QED) is 0.173. The van der Waals surface area contributed by atoms with Gasteiger partial charge in [-0.05, 0) is 37.5 Å². The first kappa shape index (κ1) is 32.4. The van der Waals surface area contributed by atoms with Crippen molar-refractivity contribution in [3.05, 3.63) is 95.1 Å². The largest absolute Gasteiger partial charge is 0.497 e. The van der Waals surface area contributed by atoms with E-state index in [-0.39, 0.29) is 36.1 Å². The Hall–Kier alpha value is -4.58. The lowest BCUT2D eigenvalue weighted by atomic mass is 9.70. The number of piperidine rings is 1. The molecule has 3 aliphatic rings. The number of nitrogens with zero attached hydrogens (tertiary/aromatic N) is 1. The Morgan fingerprint density at radius 1 is 0.957 bits per heavy atom. The first-order chi connectivity index (χ1) is 22.6. The summed E-state index contributed by atoms with van der Waals surface area (Å²) in [4.78, 5) is 28.2. The van der Waals surface area contributed by atoms with Crippen LogP contribution in [-0.4, -0.2) is 78.8 Å². The zero-order valence-electron chi connectivity index (χ0n) is 26.9. The molecular formula is C36H40N2O9. The molecule has 4 bridgehead atoms. The van der Waals surface area contributed by atoms with Crippen molar-refractivity contribution in [2.45, 2.75) is 42.6 Å². The number of carbonyl (C=O) groups excluding carboxylic acids is 2. The second-order valence-corrected chi connectivity index (χ2v) is 12.1. The molecule has 6 rings (SSSR count). The predicted molar refractivity (Wildman–Crippen MR) is 171 cm³/mol. The maximum atomic E-state index is 14.6. The van der Waals surface area contributed by atoms with Crippen LogP contribution in [0.3, 0.4) is 0 Å². The van der Waals surface area contributed by atoms with Gasteiger partial charge in [0.1, 0.15) is 23.0 Å². The number of aliphatic hydroxyl groups is 3. The van der Waals surface area contributed by atoms with E-state index < -0.39 is 34.7 Å². The van der Waals surface area contributed by atoms with E-state index >= 15 is 0 Å². The van der Waals surface area contributed by atoms with Crippen LogP contribution < -0.4 is 24.3 Å². The number of methoxy groups -OCH3 is 3. The average molecular weight is 645 g/mol. The summed E-state index contributed by atoms with van der Waals surface area (Å²) >= 11 is 0. The molecule has 11 heteroatoms. The van der Waals surface area contributed by atoms with Crippen LogP contribution in [0.4, 0.5) is 0 Å². The van der Waals surface area contributed by atoms with Gasteiger partial charge in [-0.2, -0.15) is 0 Å². The van der Waals surface area contributed by atoms with Crippen LogP contribution in [0.25, 0.3) is 0 Å². The SMILES string of the molecule is COc1ccc([C@]23Oc4cc(OC)cc(OC)c4[C@@]4(O)[C@H](C(=O)N(CCCCNC(=O)C(C)=CCO)[C@]42O)[C@H]3c2ccccc2)cc1. The van der Waals surface area contributed by atoms with Gasteiger partial charge in [-0.25, -0.2) is 0 Å². The minimum Gasteiger partial charge on any atom is -0.497 e. The molecule has 2 heterocycles. The number of nitrogens with one attached hydrogen (secondary N) is 1. The van der Waals surface area contributed by atoms with Gasteiger partial charge in [0.2, 0.25) is 17.5 Å². The number of unbranched alkanes of at least 4 members (excludes halogenated alkanes) is 1. The van der Waals surface area contributed by atoms with E-state index in [9.17, 15) is 19.8 Å². The number of likely N-dealkylation sites (tertiary alicyclic amines) is 1. The molecular weight excluding hydrogens is 604 g/mol. The van der Waals surface area contributed by atoms with Crippen LogP contribution in [0, 0.1) is 5.92 Å². The smallest absolute Gasteiger partial charge is 0.246 e. The van der Waals surface area contributed by atoms with Crippen molar-refractivity contribution in [2.24, 2.45) is 5.92 Å². The van der Waals surface area contributed by atoms with Gasteiger partial charge in [-0.1, -0.05) is 48.5 Å². The second kappa shape index (κ2) is 12.2. The summed E-state index contributed by atoms with van der Waals surface area (Å²) in [5, 5.41) is 38.4. The first-order valence-electron chi connectivity index (χ1n) is 15.6. The van der Waals surface area contributed by atoms with Crippen molar-refractivity contribution < 1.29 is 43.9 Å². The van der Waals surface area contributed by atoms with Crippen LogP contribution in [0.2, 0.25) is 0 Å². The van der Waals surface area contributed by atoms with E-state index in [1.54, 1.807) is 50.4 Å². The predicted octanol–water partition coefficient (Wildman–Crippen LogP) is 2.97. The number of rotatable bonds is 12. The molecule has 0 radical (unpaired) electrons. The molecule has 248 valence electrons. The number of amides is 2. The van der Waals surface area contributed by atoms with Crippen molar-refractivity contribution in [3.63, 3.8) is 0 Å². The standard InChI is InChI=1S/C36H40N2O9/c1-22(16-19-39)32(40)37-17-8-9-18-38-33(41)31-29(23-10-6-5-7-11-23)35(24-12-14-25(44-2)15-13-24)36(38,43)34(31,42)30-27(46-4)20-26(45-3)21-28(30)47-35/h5-7,10-16,20-21,29,31,39,42-43H,8-9,17-19H2,1-4H3,(H,37,40)/t29-,31+,34-,35-,36+/m1/s1. The molecule has 4 N–H and O–H groups in total. The highest BCUT2D eigenvalue weighted by Gasteiger charge is 2.90. The molecule has 0 unspecified atom stereocenters. The monoisotopic (exact) mass is 644 g/mol. The third-order valence-corrected chi connectivity index (χ3v) is 9.87. The Morgan fingerprint density at radius 2 is 1.66 bits per heavy atom. The van der Waals surface area contributed by atoms with Crippen molar-refractivity contribution in [1.82, 2.24) is 10.2 Å². The molecule has 2 fully saturated rings. The topological polar surface area (TPSA) is 147 Å². The molecule has 3 aromatic carbocycles. The minimum absolute atomic E-state index is 0.0754. The fourth-order valence-corrected chi connectivity index (χ4v) is 7.79. The zero-order chi connectivity index (χ0) is 33.6. The molecule has 1 saturated carbocycles. The number of benzene rings is 3. The Bertz CT molecular complexity index is 1690. The summed E-state index contributed by atoms with van der Waals surface area (Å²) in [5.41, 5.74) is -4.32. The molecule has 2 amide bonds. The van der Waals surface area contributed by atoms with Crippen LogP contribution in [0.15, 0.2) is 78.4 Å². The maximum Gasteiger partial charge on any atom is 0.246 e. The Kier molecular flexibility index (Phi) is 8.41. The van der Waals surface area contributed by atoms with Crippen LogP contribution >= 0.6 is 0 Å². The van der Waals surface area contributed by atoms with Gasteiger partial charge in [0.15, 0.2) is 11.2 Å². The molecule has 2 aliphatic heterocycles. The van der Waals surface area contributed by atoms with Crippen LogP contribution in [-0.2, 0) is 20.8 Å². The van der Waals surface area contributed by atoms with Crippen molar-refractivity contribution in [2.75, 3.05) is 41.0 Å². The second-order valence-electron chi connectivity index (χ2n) is 12.1. The van der Waals surface area contributed by atoms with E-state index in [2.05, 4.69) is 5.32 Å². The van der Waals surface area contributed by atoms with Crippen molar-refractivity contribution in [1.29, 1.82) is 0 Å².